The number of nitro groups is 1. The summed E-state index contributed by atoms with van der Waals surface area (Å²) < 4.78 is 1.59. The van der Waals surface area contributed by atoms with Crippen LogP contribution in [0.15, 0.2) is 61.2 Å². The van der Waals surface area contributed by atoms with E-state index in [0.29, 0.717) is 5.69 Å². The first-order chi connectivity index (χ1) is 12.6. The maximum atomic E-state index is 11.8. The Bertz CT molecular complexity index is 1100. The van der Waals surface area contributed by atoms with Gasteiger partial charge in [-0.15, -0.1) is 0 Å². The number of rotatable bonds is 4. The van der Waals surface area contributed by atoms with Crippen LogP contribution in [-0.4, -0.2) is 24.4 Å². The molecule has 4 aromatic rings. The Morgan fingerprint density at radius 3 is 2.58 bits per heavy atom. The van der Waals surface area contributed by atoms with Crippen LogP contribution in [0.25, 0.3) is 16.9 Å². The Morgan fingerprint density at radius 2 is 1.81 bits per heavy atom. The van der Waals surface area contributed by atoms with Gasteiger partial charge in [0.2, 0.25) is 11.6 Å². The van der Waals surface area contributed by atoms with Crippen LogP contribution in [0.2, 0.25) is 0 Å². The number of aryl methyl sites for hydroxylation is 1. The predicted octanol–water partition coefficient (Wildman–Crippen LogP) is 3.78. The van der Waals surface area contributed by atoms with E-state index in [9.17, 15) is 10.1 Å². The van der Waals surface area contributed by atoms with Gasteiger partial charge in [-0.25, -0.2) is 15.0 Å². The van der Waals surface area contributed by atoms with Crippen LogP contribution >= 0.6 is 0 Å². The Morgan fingerprint density at radius 1 is 1.04 bits per heavy atom. The zero-order valence-corrected chi connectivity index (χ0v) is 13.8. The van der Waals surface area contributed by atoms with Gasteiger partial charge in [-0.2, -0.15) is 0 Å². The van der Waals surface area contributed by atoms with Crippen LogP contribution in [0.1, 0.15) is 5.56 Å². The largest absolute Gasteiger partial charge is 0.354 e. The second-order valence-electron chi connectivity index (χ2n) is 5.75. The molecule has 0 aliphatic rings. The summed E-state index contributed by atoms with van der Waals surface area (Å²) in [6, 6.07) is 14.9. The average Bonchev–Trinajstić information content (AvgIpc) is 3.07. The number of nitrogens with zero attached hydrogens (tertiary/aromatic N) is 5. The summed E-state index contributed by atoms with van der Waals surface area (Å²) >= 11 is 0. The van der Waals surface area contributed by atoms with Crippen molar-refractivity contribution in [1.29, 1.82) is 0 Å². The molecule has 0 bridgehead atoms. The number of hydrogen-bond donors (Lipinski definition) is 1. The van der Waals surface area contributed by atoms with Crippen molar-refractivity contribution in [1.82, 2.24) is 19.5 Å². The summed E-state index contributed by atoms with van der Waals surface area (Å²) in [6.45, 7) is 1.97. The number of fused-ring (bicyclic) bond motifs is 1. The molecule has 1 N–H and O–H groups in total. The quantitative estimate of drug-likeness (QED) is 0.446. The lowest BCUT2D eigenvalue weighted by molar-refractivity contribution is -0.384. The van der Waals surface area contributed by atoms with E-state index in [1.807, 2.05) is 55.5 Å². The van der Waals surface area contributed by atoms with E-state index in [4.69, 9.17) is 0 Å². The molecule has 0 spiro atoms. The Labute approximate surface area is 148 Å². The number of para-hydroxylation sites is 2. The summed E-state index contributed by atoms with van der Waals surface area (Å²) in [7, 11) is 0. The third-order valence-electron chi connectivity index (χ3n) is 3.98. The van der Waals surface area contributed by atoms with Gasteiger partial charge < -0.3 is 5.32 Å². The van der Waals surface area contributed by atoms with Gasteiger partial charge in [-0.3, -0.25) is 14.7 Å². The molecule has 0 aliphatic heterocycles. The van der Waals surface area contributed by atoms with Gasteiger partial charge in [0.1, 0.15) is 12.7 Å². The van der Waals surface area contributed by atoms with Crippen molar-refractivity contribution in [2.75, 3.05) is 5.32 Å². The number of anilines is 2. The van der Waals surface area contributed by atoms with Gasteiger partial charge in [0.25, 0.3) is 0 Å². The zero-order chi connectivity index (χ0) is 18.1. The molecule has 128 valence electrons. The molecule has 8 heteroatoms. The van der Waals surface area contributed by atoms with Crippen molar-refractivity contribution in [3.05, 3.63) is 76.9 Å². The number of benzene rings is 2. The zero-order valence-electron chi connectivity index (χ0n) is 13.8. The fraction of sp³-hybridized carbons (Fsp3) is 0.0556. The van der Waals surface area contributed by atoms with E-state index < -0.39 is 4.92 Å². The smallest absolute Gasteiger partial charge is 0.334 e. The van der Waals surface area contributed by atoms with Gasteiger partial charge in [0.05, 0.1) is 16.0 Å². The van der Waals surface area contributed by atoms with Crippen molar-refractivity contribution >= 4 is 28.2 Å². The summed E-state index contributed by atoms with van der Waals surface area (Å²) in [6.07, 6.45) is 2.82. The lowest BCUT2D eigenvalue weighted by Gasteiger charge is -2.09. The Balaban J connectivity index is 1.86. The summed E-state index contributed by atoms with van der Waals surface area (Å²) in [4.78, 5) is 23.8. The third kappa shape index (κ3) is 2.73. The van der Waals surface area contributed by atoms with E-state index in [2.05, 4.69) is 20.3 Å². The first kappa shape index (κ1) is 15.7. The number of nitrogens with one attached hydrogen (secondary N) is 1. The Kier molecular flexibility index (Phi) is 3.77. The molecule has 2 heterocycles. The van der Waals surface area contributed by atoms with Crippen LogP contribution in [-0.2, 0) is 0 Å². The number of hydrogen-bond acceptors (Lipinski definition) is 6. The first-order valence-corrected chi connectivity index (χ1v) is 7.89. The number of aromatic nitrogens is 4. The van der Waals surface area contributed by atoms with Crippen LogP contribution < -0.4 is 5.32 Å². The van der Waals surface area contributed by atoms with E-state index in [0.717, 1.165) is 16.6 Å². The average molecular weight is 346 g/mol. The maximum Gasteiger partial charge on any atom is 0.354 e. The van der Waals surface area contributed by atoms with Crippen molar-refractivity contribution < 1.29 is 4.92 Å². The SMILES string of the molecule is Cc1ccc(Nc2ncnc(-n3cnc4ccccc43)c2[N+](=O)[O-])cc1. The molecular formula is C18H14N6O2. The molecule has 26 heavy (non-hydrogen) atoms. The van der Waals surface area contributed by atoms with Crippen LogP contribution in [0, 0.1) is 17.0 Å². The highest BCUT2D eigenvalue weighted by Crippen LogP contribution is 2.31. The van der Waals surface area contributed by atoms with E-state index >= 15 is 0 Å². The molecule has 0 fully saturated rings. The molecule has 0 unspecified atom stereocenters. The molecule has 0 saturated heterocycles. The third-order valence-corrected chi connectivity index (χ3v) is 3.98. The van der Waals surface area contributed by atoms with Gasteiger partial charge in [-0.05, 0) is 31.2 Å². The minimum Gasteiger partial charge on any atom is -0.334 e. The highest BCUT2D eigenvalue weighted by Gasteiger charge is 2.25. The molecule has 4 rings (SSSR count). The van der Waals surface area contributed by atoms with Crippen molar-refractivity contribution in [2.45, 2.75) is 6.92 Å². The molecule has 0 radical (unpaired) electrons. The molecule has 0 atom stereocenters. The molecule has 0 amide bonds. The topological polar surface area (TPSA) is 98.8 Å². The van der Waals surface area contributed by atoms with Gasteiger partial charge in [0.15, 0.2) is 0 Å². The van der Waals surface area contributed by atoms with Gasteiger partial charge >= 0.3 is 5.69 Å². The minimum atomic E-state index is -0.485. The summed E-state index contributed by atoms with van der Waals surface area (Å²) in [5.74, 6) is 0.287. The molecule has 2 aromatic heterocycles. The first-order valence-electron chi connectivity index (χ1n) is 7.89. The Hall–Kier alpha value is -3.81. The molecule has 2 aromatic carbocycles. The van der Waals surface area contributed by atoms with Crippen LogP contribution in [0.5, 0.6) is 0 Å². The van der Waals surface area contributed by atoms with Crippen molar-refractivity contribution in [2.24, 2.45) is 0 Å². The van der Waals surface area contributed by atoms with Gasteiger partial charge in [-0.1, -0.05) is 29.8 Å². The van der Waals surface area contributed by atoms with E-state index in [-0.39, 0.29) is 17.3 Å². The lowest BCUT2D eigenvalue weighted by atomic mass is 10.2. The normalized spacial score (nSPS) is 10.8. The van der Waals surface area contributed by atoms with Crippen molar-refractivity contribution in [3.63, 3.8) is 0 Å². The second-order valence-corrected chi connectivity index (χ2v) is 5.75. The van der Waals surface area contributed by atoms with E-state index in [1.165, 1.54) is 12.7 Å². The fourth-order valence-corrected chi connectivity index (χ4v) is 2.71. The summed E-state index contributed by atoms with van der Waals surface area (Å²) in [5.41, 5.74) is 3.05. The van der Waals surface area contributed by atoms with Crippen LogP contribution in [0.4, 0.5) is 17.2 Å². The summed E-state index contributed by atoms with van der Waals surface area (Å²) in [5, 5.41) is 14.8. The standard InChI is InChI=1S/C18H14N6O2/c1-12-6-8-13(9-7-12)22-17-16(24(25)26)18(20-10-19-17)23-11-21-14-4-2-3-5-15(14)23/h2-11H,1H3,(H,19,20,22). The minimum absolute atomic E-state index is 0.127. The second kappa shape index (κ2) is 6.25. The predicted molar refractivity (Wildman–Crippen MR) is 97.8 cm³/mol. The number of imidazole rings is 1. The van der Waals surface area contributed by atoms with Crippen molar-refractivity contribution in [3.8, 4) is 5.82 Å². The monoisotopic (exact) mass is 346 g/mol. The van der Waals surface area contributed by atoms with E-state index in [1.54, 1.807) is 4.57 Å². The maximum absolute atomic E-state index is 11.8. The molecule has 8 nitrogen and oxygen atoms in total. The molecule has 0 saturated carbocycles. The van der Waals surface area contributed by atoms with Gasteiger partial charge in [0, 0.05) is 5.69 Å². The lowest BCUT2D eigenvalue weighted by Crippen LogP contribution is -2.07. The molecular weight excluding hydrogens is 332 g/mol. The highest BCUT2D eigenvalue weighted by atomic mass is 16.6. The fourth-order valence-electron chi connectivity index (χ4n) is 2.71. The van der Waals surface area contributed by atoms with Crippen LogP contribution in [0.3, 0.4) is 0 Å². The molecule has 0 aliphatic carbocycles. The highest BCUT2D eigenvalue weighted by molar-refractivity contribution is 5.79.